The normalized spacial score (nSPS) is 26.8. The van der Waals surface area contributed by atoms with E-state index in [-0.39, 0.29) is 34.9 Å². The van der Waals surface area contributed by atoms with Gasteiger partial charge in [-0.15, -0.1) is 0 Å². The number of aldehydes is 1. The highest BCUT2D eigenvalue weighted by Crippen LogP contribution is 2.52. The van der Waals surface area contributed by atoms with E-state index in [0.29, 0.717) is 24.7 Å². The summed E-state index contributed by atoms with van der Waals surface area (Å²) in [4.78, 5) is 19.3. The van der Waals surface area contributed by atoms with Gasteiger partial charge in [-0.05, 0) is 73.5 Å². The second-order valence-electron chi connectivity index (χ2n) is 8.22. The number of carbonyl (C=O) groups excluding carboxylic acids is 1. The summed E-state index contributed by atoms with van der Waals surface area (Å²) in [6.45, 7) is 1.11. The number of halogens is 2. The lowest BCUT2D eigenvalue weighted by Crippen LogP contribution is -2.43. The van der Waals surface area contributed by atoms with Gasteiger partial charge in [0.1, 0.15) is 6.29 Å². The van der Waals surface area contributed by atoms with Crippen molar-refractivity contribution in [2.45, 2.75) is 25.0 Å². The third-order valence-electron chi connectivity index (χ3n) is 6.42. The van der Waals surface area contributed by atoms with Crippen molar-refractivity contribution in [3.8, 4) is 0 Å². The van der Waals surface area contributed by atoms with Gasteiger partial charge in [0.15, 0.2) is 11.6 Å². The van der Waals surface area contributed by atoms with Gasteiger partial charge in [-0.2, -0.15) is 4.98 Å². The molecule has 0 radical (unpaired) electrons. The molecule has 6 atom stereocenters. The average molecular weight is 465 g/mol. The van der Waals surface area contributed by atoms with Crippen LogP contribution in [0.3, 0.4) is 0 Å². The van der Waals surface area contributed by atoms with E-state index >= 15 is 0 Å². The van der Waals surface area contributed by atoms with Crippen molar-refractivity contribution < 1.29 is 14.3 Å². The highest BCUT2D eigenvalue weighted by molar-refractivity contribution is 6.28. The highest BCUT2D eigenvalue weighted by Gasteiger charge is 2.52. The molecular weight excluding hydrogens is 435 g/mol. The van der Waals surface area contributed by atoms with E-state index in [2.05, 4.69) is 26.3 Å². The topological polar surface area (TPSA) is 139 Å². The fourth-order valence-corrected chi connectivity index (χ4v) is 5.20. The van der Waals surface area contributed by atoms with Crippen LogP contribution in [-0.4, -0.2) is 47.5 Å². The molecule has 6 unspecified atom stereocenters. The number of nitrogens with one attached hydrogen (secondary N) is 2. The first kappa shape index (κ1) is 24.3. The largest absolute Gasteiger partial charge is 0.399 e. The molecule has 2 aliphatic rings. The Balaban J connectivity index is 0.00000141. The van der Waals surface area contributed by atoms with E-state index in [1.165, 1.54) is 7.05 Å². The average Bonchev–Trinajstić information content (AvgIpc) is 3.35. The molecule has 1 heterocycles. The van der Waals surface area contributed by atoms with Gasteiger partial charge in [-0.1, -0.05) is 12.1 Å². The molecule has 0 aliphatic heterocycles. The first-order valence-corrected chi connectivity index (χ1v) is 11.1. The van der Waals surface area contributed by atoms with Crippen LogP contribution in [0.2, 0.25) is 5.28 Å². The number of hydrogen-bond donors (Lipinski definition) is 5. The van der Waals surface area contributed by atoms with Crippen LogP contribution < -0.4 is 22.1 Å². The summed E-state index contributed by atoms with van der Waals surface area (Å²) in [5, 5.41) is 16.8. The number of nitrogen functional groups attached to an aromatic ring is 1. The molecule has 2 fully saturated rings. The Kier molecular flexibility index (Phi) is 8.36. The van der Waals surface area contributed by atoms with Crippen LogP contribution in [-0.2, 0) is 4.79 Å². The molecule has 32 heavy (non-hydrogen) atoms. The van der Waals surface area contributed by atoms with E-state index in [0.717, 1.165) is 30.9 Å². The van der Waals surface area contributed by atoms with Crippen LogP contribution >= 0.6 is 11.6 Å². The maximum absolute atomic E-state index is 14.1. The van der Waals surface area contributed by atoms with Gasteiger partial charge >= 0.3 is 0 Å². The minimum Gasteiger partial charge on any atom is -0.399 e. The van der Waals surface area contributed by atoms with Crippen molar-refractivity contribution in [2.24, 2.45) is 29.4 Å². The zero-order valence-electron chi connectivity index (χ0n) is 17.9. The summed E-state index contributed by atoms with van der Waals surface area (Å²) in [7, 11) is 1.50. The molecule has 2 bridgehead atoms. The summed E-state index contributed by atoms with van der Waals surface area (Å²) in [6.07, 6.45) is 3.18. The predicted molar refractivity (Wildman–Crippen MR) is 122 cm³/mol. The molecule has 1 aromatic carbocycles. The maximum Gasteiger partial charge on any atom is 0.224 e. The predicted octanol–water partition coefficient (Wildman–Crippen LogP) is 2.00. The molecule has 2 aromatic rings. The number of aliphatic hydroxyl groups is 1. The van der Waals surface area contributed by atoms with Crippen molar-refractivity contribution in [3.05, 3.63) is 47.1 Å². The molecule has 0 amide bonds. The Morgan fingerprint density at radius 1 is 1.38 bits per heavy atom. The first-order chi connectivity index (χ1) is 15.5. The van der Waals surface area contributed by atoms with Crippen molar-refractivity contribution in [1.82, 2.24) is 15.3 Å². The standard InChI is InChI=1S/C21H25ClFN5O2.CH5N/c22-21-26-8-17(23)20(28-21)27-19-15-6-12(16(19)10-29)4-13(15)7-25-9-18(30)11-2-1-3-14(24)5-11;1-2/h1-3,5,8,10,12-13,15-16,18-19,25,30H,4,6-7,9,24H2,(H,26,27,28);2H2,1H3. The Hall–Kier alpha value is -2.33. The van der Waals surface area contributed by atoms with Crippen LogP contribution in [0.1, 0.15) is 24.5 Å². The van der Waals surface area contributed by atoms with Gasteiger partial charge in [-0.3, -0.25) is 0 Å². The van der Waals surface area contributed by atoms with Crippen molar-refractivity contribution in [3.63, 3.8) is 0 Å². The zero-order chi connectivity index (χ0) is 23.3. The molecular formula is C22H30ClFN6O2. The maximum atomic E-state index is 14.1. The van der Waals surface area contributed by atoms with Gasteiger partial charge in [0, 0.05) is 24.2 Å². The van der Waals surface area contributed by atoms with Crippen LogP contribution in [0.25, 0.3) is 0 Å². The van der Waals surface area contributed by atoms with E-state index in [4.69, 9.17) is 17.3 Å². The van der Waals surface area contributed by atoms with Crippen LogP contribution in [0.4, 0.5) is 15.9 Å². The number of fused-ring (bicyclic) bond motifs is 2. The Morgan fingerprint density at radius 2 is 2.16 bits per heavy atom. The second kappa shape index (κ2) is 11.0. The number of nitrogens with zero attached hydrogens (tertiary/aromatic N) is 2. The minimum atomic E-state index is -0.652. The van der Waals surface area contributed by atoms with Crippen LogP contribution in [0, 0.1) is 29.5 Å². The molecule has 2 saturated carbocycles. The lowest BCUT2D eigenvalue weighted by atomic mass is 9.78. The molecule has 2 aliphatic carbocycles. The van der Waals surface area contributed by atoms with Crippen molar-refractivity contribution in [2.75, 3.05) is 31.2 Å². The molecule has 7 N–H and O–H groups in total. The molecule has 10 heteroatoms. The molecule has 4 rings (SSSR count). The molecule has 174 valence electrons. The van der Waals surface area contributed by atoms with Gasteiger partial charge in [0.2, 0.25) is 5.28 Å². The van der Waals surface area contributed by atoms with E-state index in [1.54, 1.807) is 12.1 Å². The Labute approximate surface area is 192 Å². The number of nitrogens with two attached hydrogens (primary N) is 2. The Bertz CT molecular complexity index is 920. The van der Waals surface area contributed by atoms with Crippen LogP contribution in [0.15, 0.2) is 30.5 Å². The first-order valence-electron chi connectivity index (χ1n) is 10.7. The fraction of sp³-hybridized carbons (Fsp3) is 0.500. The number of hydrogen-bond acceptors (Lipinski definition) is 8. The number of anilines is 2. The summed E-state index contributed by atoms with van der Waals surface area (Å²) in [5.74, 6) is 0.0377. The summed E-state index contributed by atoms with van der Waals surface area (Å²) >= 11 is 5.80. The van der Waals surface area contributed by atoms with Crippen molar-refractivity contribution in [1.29, 1.82) is 0 Å². The number of aromatic nitrogens is 2. The lowest BCUT2D eigenvalue weighted by Gasteiger charge is -2.34. The fourth-order valence-electron chi connectivity index (χ4n) is 5.06. The number of benzene rings is 1. The second-order valence-corrected chi connectivity index (χ2v) is 8.56. The van der Waals surface area contributed by atoms with Crippen LogP contribution in [0.5, 0.6) is 0 Å². The number of rotatable bonds is 8. The Morgan fingerprint density at radius 3 is 2.88 bits per heavy atom. The van der Waals surface area contributed by atoms with E-state index in [1.807, 2.05) is 12.1 Å². The molecule has 1 aromatic heterocycles. The summed E-state index contributed by atoms with van der Waals surface area (Å²) in [6, 6.07) is 7.00. The third-order valence-corrected chi connectivity index (χ3v) is 6.60. The summed E-state index contributed by atoms with van der Waals surface area (Å²) in [5.41, 5.74) is 11.7. The van der Waals surface area contributed by atoms with Gasteiger partial charge in [-0.25, -0.2) is 9.37 Å². The monoisotopic (exact) mass is 464 g/mol. The highest BCUT2D eigenvalue weighted by atomic mass is 35.5. The van der Waals surface area contributed by atoms with Gasteiger partial charge in [0.05, 0.1) is 12.3 Å². The minimum absolute atomic E-state index is 0.0307. The van der Waals surface area contributed by atoms with E-state index < -0.39 is 11.9 Å². The lowest BCUT2D eigenvalue weighted by molar-refractivity contribution is -0.112. The van der Waals surface area contributed by atoms with Gasteiger partial charge < -0.3 is 32.0 Å². The third kappa shape index (κ3) is 5.35. The molecule has 8 nitrogen and oxygen atoms in total. The number of carbonyl (C=O) groups is 1. The van der Waals surface area contributed by atoms with Crippen molar-refractivity contribution >= 4 is 29.4 Å². The van der Waals surface area contributed by atoms with E-state index in [9.17, 15) is 14.3 Å². The quantitative estimate of drug-likeness (QED) is 0.227. The smallest absolute Gasteiger partial charge is 0.224 e. The zero-order valence-corrected chi connectivity index (χ0v) is 18.7. The summed E-state index contributed by atoms with van der Waals surface area (Å²) < 4.78 is 14.1. The number of aliphatic hydroxyl groups excluding tert-OH is 1. The molecule has 0 spiro atoms. The molecule has 0 saturated heterocycles. The SMILES string of the molecule is CN.Nc1cccc(C(O)CNCC2CC3CC2C(Nc2nc(Cl)ncc2F)C3C=O)c1. The van der Waals surface area contributed by atoms with Gasteiger partial charge in [0.25, 0.3) is 0 Å².